The van der Waals surface area contributed by atoms with Crippen LogP contribution in [0.4, 0.5) is 0 Å². The standard InChI is InChI=1S/C27H28N4O/c1-19-4-8-23(9-5-19)26(3)31-17-27(12-13-27)15-22(25(31)29-32-26)14-21-6-10-24(11-7-21)30-16-20(2)28-18-30/h4-11,14,16,18H,12-13,15,17H2,1-3H3/b22-14+. The van der Waals surface area contributed by atoms with Gasteiger partial charge in [-0.3, -0.25) is 0 Å². The lowest BCUT2D eigenvalue weighted by atomic mass is 9.86. The number of hydrogen-bond acceptors (Lipinski definition) is 4. The smallest absolute Gasteiger partial charge is 0.234 e. The Kier molecular flexibility index (Phi) is 4.13. The number of hydrogen-bond donors (Lipinski definition) is 0. The van der Waals surface area contributed by atoms with Gasteiger partial charge in [0.1, 0.15) is 0 Å². The highest BCUT2D eigenvalue weighted by Crippen LogP contribution is 2.57. The molecule has 1 unspecified atom stereocenters. The normalized spacial score (nSPS) is 24.4. The average Bonchev–Trinajstić information content (AvgIpc) is 3.23. The van der Waals surface area contributed by atoms with E-state index < -0.39 is 5.72 Å². The molecule has 2 fully saturated rings. The third kappa shape index (κ3) is 3.15. The van der Waals surface area contributed by atoms with Gasteiger partial charge in [-0.2, -0.15) is 0 Å². The van der Waals surface area contributed by atoms with Gasteiger partial charge in [-0.25, -0.2) is 4.98 Å². The third-order valence-electron chi connectivity index (χ3n) is 7.21. The maximum Gasteiger partial charge on any atom is 0.234 e. The summed E-state index contributed by atoms with van der Waals surface area (Å²) in [7, 11) is 0. The lowest BCUT2D eigenvalue weighted by Crippen LogP contribution is -2.50. The van der Waals surface area contributed by atoms with Crippen molar-refractivity contribution in [1.29, 1.82) is 0 Å². The van der Waals surface area contributed by atoms with Crippen LogP contribution in [0.2, 0.25) is 0 Å². The molecule has 1 aromatic heterocycles. The minimum absolute atomic E-state index is 0.360. The molecule has 0 N–H and O–H groups in total. The summed E-state index contributed by atoms with van der Waals surface area (Å²) >= 11 is 0. The van der Waals surface area contributed by atoms with Gasteiger partial charge in [0.2, 0.25) is 5.72 Å². The lowest BCUT2D eigenvalue weighted by molar-refractivity contribution is -0.0968. The molecule has 3 heterocycles. The number of oxime groups is 1. The van der Waals surface area contributed by atoms with Crippen LogP contribution >= 0.6 is 0 Å². The van der Waals surface area contributed by atoms with Crippen LogP contribution < -0.4 is 0 Å². The molecule has 2 aliphatic heterocycles. The zero-order valence-electron chi connectivity index (χ0n) is 18.9. The van der Waals surface area contributed by atoms with Crippen molar-refractivity contribution in [1.82, 2.24) is 14.5 Å². The third-order valence-corrected chi connectivity index (χ3v) is 7.21. The van der Waals surface area contributed by atoms with E-state index in [-0.39, 0.29) is 0 Å². The van der Waals surface area contributed by atoms with Crippen molar-refractivity contribution in [2.45, 2.75) is 45.8 Å². The molecule has 1 atom stereocenters. The first-order chi connectivity index (χ1) is 15.4. The molecule has 5 heteroatoms. The van der Waals surface area contributed by atoms with Gasteiger partial charge >= 0.3 is 0 Å². The van der Waals surface area contributed by atoms with E-state index >= 15 is 0 Å². The Morgan fingerprint density at radius 1 is 1.00 bits per heavy atom. The molecule has 32 heavy (non-hydrogen) atoms. The van der Waals surface area contributed by atoms with Gasteiger partial charge < -0.3 is 14.3 Å². The molecule has 0 bridgehead atoms. The molecule has 0 radical (unpaired) electrons. The van der Waals surface area contributed by atoms with E-state index in [1.807, 2.05) is 19.4 Å². The highest BCUT2D eigenvalue weighted by Gasteiger charge is 2.56. The topological polar surface area (TPSA) is 42.6 Å². The number of aryl methyl sites for hydroxylation is 2. The number of nitrogens with zero attached hydrogens (tertiary/aromatic N) is 4. The number of amidine groups is 1. The Labute approximate surface area is 189 Å². The maximum absolute atomic E-state index is 6.14. The Bertz CT molecular complexity index is 1230. The number of imidazole rings is 1. The maximum atomic E-state index is 6.14. The summed E-state index contributed by atoms with van der Waals surface area (Å²) in [6, 6.07) is 17.3. The van der Waals surface area contributed by atoms with E-state index in [2.05, 4.69) is 88.1 Å². The largest absolute Gasteiger partial charge is 0.360 e. The van der Waals surface area contributed by atoms with Crippen molar-refractivity contribution < 1.29 is 4.84 Å². The molecular weight excluding hydrogens is 396 g/mol. The summed E-state index contributed by atoms with van der Waals surface area (Å²) in [4.78, 5) is 12.9. The van der Waals surface area contributed by atoms with Crippen LogP contribution in [0.25, 0.3) is 11.8 Å². The molecular formula is C27H28N4O. The molecule has 3 aromatic rings. The fourth-order valence-electron chi connectivity index (χ4n) is 4.97. The molecule has 1 spiro atoms. The van der Waals surface area contributed by atoms with Crippen molar-refractivity contribution in [2.24, 2.45) is 10.6 Å². The zero-order chi connectivity index (χ0) is 21.9. The summed E-state index contributed by atoms with van der Waals surface area (Å²) in [6.07, 6.45) is 9.80. The van der Waals surface area contributed by atoms with Crippen LogP contribution in [-0.4, -0.2) is 26.8 Å². The van der Waals surface area contributed by atoms with Gasteiger partial charge in [-0.05, 0) is 67.9 Å². The molecule has 2 aromatic carbocycles. The second kappa shape index (κ2) is 6.83. The zero-order valence-corrected chi connectivity index (χ0v) is 18.9. The van der Waals surface area contributed by atoms with Crippen molar-refractivity contribution in [3.8, 4) is 5.69 Å². The summed E-state index contributed by atoms with van der Waals surface area (Å²) in [5, 5.41) is 4.61. The van der Waals surface area contributed by atoms with Gasteiger partial charge in [0.05, 0.1) is 12.0 Å². The van der Waals surface area contributed by atoms with Gasteiger partial charge in [0, 0.05) is 30.9 Å². The van der Waals surface area contributed by atoms with Gasteiger partial charge in [0.15, 0.2) is 5.84 Å². The van der Waals surface area contributed by atoms with E-state index in [4.69, 9.17) is 4.84 Å². The predicted octanol–water partition coefficient (Wildman–Crippen LogP) is 5.58. The Morgan fingerprint density at radius 3 is 2.41 bits per heavy atom. The Balaban J connectivity index is 1.32. The molecule has 3 aliphatic rings. The fourth-order valence-corrected chi connectivity index (χ4v) is 4.97. The lowest BCUT2D eigenvalue weighted by Gasteiger charge is -2.41. The van der Waals surface area contributed by atoms with E-state index in [1.54, 1.807) is 0 Å². The van der Waals surface area contributed by atoms with Crippen LogP contribution in [-0.2, 0) is 10.6 Å². The number of aromatic nitrogens is 2. The SMILES string of the molecule is Cc1ccc(C2(C)ON=C3/C(=C/c4ccc(-n5cnc(C)c5)cc4)CC4(CC4)CN32)cc1. The van der Waals surface area contributed by atoms with Crippen LogP contribution in [0.3, 0.4) is 0 Å². The minimum Gasteiger partial charge on any atom is -0.360 e. The first kappa shape index (κ1) is 19.4. The quantitative estimate of drug-likeness (QED) is 0.552. The molecule has 0 amide bonds. The first-order valence-electron chi connectivity index (χ1n) is 11.4. The predicted molar refractivity (Wildman–Crippen MR) is 126 cm³/mol. The van der Waals surface area contributed by atoms with Gasteiger partial charge in [0.25, 0.3) is 0 Å². The van der Waals surface area contributed by atoms with Crippen molar-refractivity contribution >= 4 is 11.9 Å². The van der Waals surface area contributed by atoms with Crippen molar-refractivity contribution in [3.05, 3.63) is 89.0 Å². The highest BCUT2D eigenvalue weighted by atomic mass is 16.7. The van der Waals surface area contributed by atoms with Crippen LogP contribution in [0.1, 0.15) is 48.6 Å². The second-order valence-electron chi connectivity index (χ2n) is 9.80. The van der Waals surface area contributed by atoms with Crippen molar-refractivity contribution in [3.63, 3.8) is 0 Å². The van der Waals surface area contributed by atoms with Crippen molar-refractivity contribution in [2.75, 3.05) is 6.54 Å². The molecule has 1 saturated heterocycles. The molecule has 1 saturated carbocycles. The summed E-state index contributed by atoms with van der Waals surface area (Å²) in [6.45, 7) is 7.28. The molecule has 5 nitrogen and oxygen atoms in total. The van der Waals surface area contributed by atoms with E-state index in [0.717, 1.165) is 35.7 Å². The highest BCUT2D eigenvalue weighted by molar-refractivity contribution is 6.04. The monoisotopic (exact) mass is 424 g/mol. The number of piperidine rings is 1. The molecule has 162 valence electrons. The second-order valence-corrected chi connectivity index (χ2v) is 9.80. The average molecular weight is 425 g/mol. The number of rotatable bonds is 3. The molecule has 6 rings (SSSR count). The van der Waals surface area contributed by atoms with Crippen LogP contribution in [0.5, 0.6) is 0 Å². The fraction of sp³-hybridized carbons (Fsp3) is 0.333. The van der Waals surface area contributed by atoms with Crippen LogP contribution in [0.15, 0.2) is 71.8 Å². The molecule has 1 aliphatic carbocycles. The van der Waals surface area contributed by atoms with E-state index in [9.17, 15) is 0 Å². The number of fused-ring (bicyclic) bond motifs is 1. The van der Waals surface area contributed by atoms with Gasteiger partial charge in [-0.1, -0.05) is 47.1 Å². The van der Waals surface area contributed by atoms with E-state index in [1.165, 1.54) is 29.5 Å². The van der Waals surface area contributed by atoms with Gasteiger partial charge in [-0.15, -0.1) is 0 Å². The summed E-state index contributed by atoms with van der Waals surface area (Å²) in [5.41, 5.74) is 6.80. The minimum atomic E-state index is -0.554. The van der Waals surface area contributed by atoms with Crippen LogP contribution in [0, 0.1) is 19.3 Å². The summed E-state index contributed by atoms with van der Waals surface area (Å²) in [5.74, 6) is 0.986. The number of benzene rings is 2. The summed E-state index contributed by atoms with van der Waals surface area (Å²) < 4.78 is 2.05. The van der Waals surface area contributed by atoms with E-state index in [0.29, 0.717) is 5.41 Å². The first-order valence-corrected chi connectivity index (χ1v) is 11.4. The Morgan fingerprint density at radius 2 is 1.75 bits per heavy atom. The Hall–Kier alpha value is -3.34.